The summed E-state index contributed by atoms with van der Waals surface area (Å²) >= 11 is 8.15. The van der Waals surface area contributed by atoms with Crippen LogP contribution in [0.2, 0.25) is 5.02 Å². The van der Waals surface area contributed by atoms with Gasteiger partial charge in [0.15, 0.2) is 0 Å². The van der Waals surface area contributed by atoms with E-state index in [1.807, 2.05) is 47.9 Å². The van der Waals surface area contributed by atoms with Crippen LogP contribution >= 0.6 is 23.4 Å². The molecule has 2 atom stereocenters. The molecule has 3 rings (SSSR count). The maximum absolute atomic E-state index is 12.9. The van der Waals surface area contributed by atoms with Gasteiger partial charge in [0, 0.05) is 16.5 Å². The lowest BCUT2D eigenvalue weighted by Crippen LogP contribution is -3.15. The minimum absolute atomic E-state index is 0.00522. The zero-order valence-electron chi connectivity index (χ0n) is 17.0. The van der Waals surface area contributed by atoms with E-state index in [1.165, 1.54) is 4.90 Å². The van der Waals surface area contributed by atoms with E-state index in [0.717, 1.165) is 56.3 Å². The van der Waals surface area contributed by atoms with E-state index in [1.54, 1.807) is 11.8 Å². The number of rotatable bonds is 6. The largest absolute Gasteiger partial charge is 0.331 e. The number of thioether (sulfide) groups is 1. The van der Waals surface area contributed by atoms with Crippen LogP contribution in [0.25, 0.3) is 0 Å². The van der Waals surface area contributed by atoms with Gasteiger partial charge in [-0.15, -0.1) is 11.8 Å². The van der Waals surface area contributed by atoms with Gasteiger partial charge in [-0.05, 0) is 12.5 Å². The molecule has 0 aromatic heterocycles. The summed E-state index contributed by atoms with van der Waals surface area (Å²) in [4.78, 5) is 30.5. The van der Waals surface area contributed by atoms with Crippen molar-refractivity contribution < 1.29 is 14.5 Å². The van der Waals surface area contributed by atoms with Gasteiger partial charge in [0.2, 0.25) is 11.8 Å². The summed E-state index contributed by atoms with van der Waals surface area (Å²) in [5.41, 5.74) is 1.03. The van der Waals surface area contributed by atoms with Crippen molar-refractivity contribution in [2.24, 2.45) is 5.92 Å². The van der Waals surface area contributed by atoms with E-state index < -0.39 is 0 Å². The van der Waals surface area contributed by atoms with Gasteiger partial charge in [-0.25, -0.2) is 0 Å². The first-order valence-electron chi connectivity index (χ1n) is 10.2. The van der Waals surface area contributed by atoms with E-state index in [2.05, 4.69) is 6.92 Å². The molecule has 2 aliphatic heterocycles. The zero-order valence-corrected chi connectivity index (χ0v) is 18.6. The van der Waals surface area contributed by atoms with Gasteiger partial charge >= 0.3 is 0 Å². The van der Waals surface area contributed by atoms with Crippen molar-refractivity contribution in [2.45, 2.75) is 37.8 Å². The maximum atomic E-state index is 12.9. The number of hydrogen-bond donors (Lipinski definition) is 1. The van der Waals surface area contributed by atoms with Gasteiger partial charge in [-0.3, -0.25) is 9.59 Å². The smallest absolute Gasteiger partial charge is 0.237 e. The normalized spacial score (nSPS) is 23.7. The molecule has 1 aromatic rings. The highest BCUT2D eigenvalue weighted by Crippen LogP contribution is 2.45. The Bertz CT molecular complexity index is 707. The Kier molecular flexibility index (Phi) is 7.29. The van der Waals surface area contributed by atoms with Gasteiger partial charge in [-0.2, -0.15) is 0 Å². The Morgan fingerprint density at radius 3 is 2.57 bits per heavy atom. The molecule has 154 valence electrons. The van der Waals surface area contributed by atoms with Crippen LogP contribution in [0.5, 0.6) is 0 Å². The summed E-state index contributed by atoms with van der Waals surface area (Å²) in [6.45, 7) is 11.1. The third-order valence-electron chi connectivity index (χ3n) is 5.66. The van der Waals surface area contributed by atoms with Gasteiger partial charge in [0.25, 0.3) is 0 Å². The SMILES string of the molecule is CC[C@H]1S[C@@H](c2ccccc2Cl)N(CC[NH+]2CCN(C(=O)C(C)C)CC2)C1=O. The summed E-state index contributed by atoms with van der Waals surface area (Å²) in [6.07, 6.45) is 0.837. The van der Waals surface area contributed by atoms with Crippen molar-refractivity contribution in [1.82, 2.24) is 9.80 Å². The fourth-order valence-electron chi connectivity index (χ4n) is 3.94. The molecule has 0 aliphatic carbocycles. The quantitative estimate of drug-likeness (QED) is 0.760. The lowest BCUT2D eigenvalue weighted by Gasteiger charge is -2.34. The van der Waals surface area contributed by atoms with Crippen molar-refractivity contribution in [3.05, 3.63) is 34.9 Å². The lowest BCUT2D eigenvalue weighted by atomic mass is 10.1. The van der Waals surface area contributed by atoms with E-state index in [-0.39, 0.29) is 28.4 Å². The van der Waals surface area contributed by atoms with E-state index in [9.17, 15) is 9.59 Å². The van der Waals surface area contributed by atoms with Gasteiger partial charge < -0.3 is 14.7 Å². The standard InChI is InChI=1S/C21H30ClN3O2S/c1-4-18-20(27)25(21(28-18)16-7-5-6-8-17(16)22)14-11-23-9-12-24(13-10-23)19(26)15(2)3/h5-8,15,18,21H,4,9-14H2,1-3H3/p+1/t18-,21+/m1/s1. The molecule has 0 radical (unpaired) electrons. The molecule has 2 fully saturated rings. The lowest BCUT2D eigenvalue weighted by molar-refractivity contribution is -0.903. The number of benzene rings is 1. The van der Waals surface area contributed by atoms with Crippen molar-refractivity contribution in [3.63, 3.8) is 0 Å². The molecule has 0 saturated carbocycles. The van der Waals surface area contributed by atoms with E-state index in [4.69, 9.17) is 11.6 Å². The van der Waals surface area contributed by atoms with Crippen LogP contribution in [0.1, 0.15) is 38.1 Å². The number of nitrogens with one attached hydrogen (secondary N) is 1. The zero-order chi connectivity index (χ0) is 20.3. The minimum Gasteiger partial charge on any atom is -0.331 e. The molecule has 5 nitrogen and oxygen atoms in total. The van der Waals surface area contributed by atoms with Crippen LogP contribution in [0.3, 0.4) is 0 Å². The molecule has 28 heavy (non-hydrogen) atoms. The molecule has 1 N–H and O–H groups in total. The van der Waals surface area contributed by atoms with Crippen molar-refractivity contribution >= 4 is 35.2 Å². The average molecular weight is 425 g/mol. The summed E-state index contributed by atoms with van der Waals surface area (Å²) in [5, 5.41) is 0.730. The Morgan fingerprint density at radius 1 is 1.29 bits per heavy atom. The third-order valence-corrected chi connectivity index (χ3v) is 7.63. The second-order valence-electron chi connectivity index (χ2n) is 7.92. The molecule has 2 amide bonds. The van der Waals surface area contributed by atoms with Crippen molar-refractivity contribution in [2.75, 3.05) is 39.3 Å². The molecule has 2 saturated heterocycles. The van der Waals surface area contributed by atoms with Gasteiger partial charge in [-0.1, -0.05) is 50.6 Å². The number of nitrogens with zero attached hydrogens (tertiary/aromatic N) is 2. The van der Waals surface area contributed by atoms with E-state index >= 15 is 0 Å². The monoisotopic (exact) mass is 424 g/mol. The Labute approximate surface area is 177 Å². The van der Waals surface area contributed by atoms with Crippen LogP contribution in [0.15, 0.2) is 24.3 Å². The number of hydrogen-bond acceptors (Lipinski definition) is 3. The summed E-state index contributed by atoms with van der Waals surface area (Å²) in [6, 6.07) is 7.84. The number of piperazine rings is 1. The van der Waals surface area contributed by atoms with Gasteiger partial charge in [0.05, 0.1) is 44.5 Å². The van der Waals surface area contributed by atoms with Crippen molar-refractivity contribution in [1.29, 1.82) is 0 Å². The second-order valence-corrected chi connectivity index (χ2v) is 9.61. The summed E-state index contributed by atoms with van der Waals surface area (Å²) < 4.78 is 0. The fourth-order valence-corrected chi connectivity index (χ4v) is 5.71. The molecule has 0 bridgehead atoms. The number of carbonyl (C=O) groups excluding carboxylic acids is 2. The molecule has 7 heteroatoms. The van der Waals surface area contributed by atoms with Crippen LogP contribution in [-0.2, 0) is 9.59 Å². The van der Waals surface area contributed by atoms with Crippen LogP contribution < -0.4 is 4.90 Å². The molecule has 0 unspecified atom stereocenters. The third kappa shape index (κ3) is 4.66. The first-order chi connectivity index (χ1) is 13.4. The topological polar surface area (TPSA) is 45.1 Å². The van der Waals surface area contributed by atoms with Crippen molar-refractivity contribution in [3.8, 4) is 0 Å². The van der Waals surface area contributed by atoms with Crippen LogP contribution in [0.4, 0.5) is 0 Å². The average Bonchev–Trinajstić information content (AvgIpc) is 3.02. The predicted molar refractivity (Wildman–Crippen MR) is 115 cm³/mol. The van der Waals surface area contributed by atoms with Gasteiger partial charge in [0.1, 0.15) is 5.37 Å². The molecule has 1 aromatic carbocycles. The molecule has 2 heterocycles. The molecule has 0 spiro atoms. The first kappa shape index (κ1) is 21.5. The fraction of sp³-hybridized carbons (Fsp3) is 0.619. The summed E-state index contributed by atoms with van der Waals surface area (Å²) in [7, 11) is 0. The number of amides is 2. The number of halogens is 1. The molecular formula is C21H31ClN3O2S+. The highest BCUT2D eigenvalue weighted by atomic mass is 35.5. The number of quaternary nitrogens is 1. The van der Waals surface area contributed by atoms with Crippen LogP contribution in [-0.4, -0.2) is 66.1 Å². The maximum Gasteiger partial charge on any atom is 0.237 e. The highest BCUT2D eigenvalue weighted by Gasteiger charge is 2.41. The molecular weight excluding hydrogens is 394 g/mol. The van der Waals surface area contributed by atoms with E-state index in [0.29, 0.717) is 0 Å². The highest BCUT2D eigenvalue weighted by molar-refractivity contribution is 8.01. The molecule has 2 aliphatic rings. The predicted octanol–water partition coefficient (Wildman–Crippen LogP) is 2.08. The Hall–Kier alpha value is -1.24. The second kappa shape index (κ2) is 9.51. The Balaban J connectivity index is 1.61. The minimum atomic E-state index is -0.00522. The Morgan fingerprint density at radius 2 is 1.96 bits per heavy atom. The summed E-state index contributed by atoms with van der Waals surface area (Å²) in [5.74, 6) is 0.531. The number of carbonyl (C=O) groups is 2. The van der Waals surface area contributed by atoms with Crippen LogP contribution in [0, 0.1) is 5.92 Å². The first-order valence-corrected chi connectivity index (χ1v) is 11.6.